The van der Waals surface area contributed by atoms with E-state index in [9.17, 15) is 9.59 Å². The van der Waals surface area contributed by atoms with Crippen LogP contribution in [0.1, 0.15) is 13.8 Å². The lowest BCUT2D eigenvalue weighted by atomic mass is 10.3. The number of nitrogens with one attached hydrogen (secondary N) is 1. The van der Waals surface area contributed by atoms with Gasteiger partial charge in [0.25, 0.3) is 6.04 Å². The molecule has 5 nitrogen and oxygen atoms in total. The first-order valence-electron chi connectivity index (χ1n) is 3.38. The van der Waals surface area contributed by atoms with E-state index in [4.69, 9.17) is 11.7 Å². The predicted molar refractivity (Wildman–Crippen MR) is 41.3 cm³/mol. The lowest BCUT2D eigenvalue weighted by molar-refractivity contribution is -0.141. The van der Waals surface area contributed by atoms with Crippen LogP contribution in [-0.2, 0) is 9.59 Å². The Labute approximate surface area is 70.2 Å². The quantitative estimate of drug-likeness (QED) is 0.580. The zero-order chi connectivity index (χ0) is 9.72. The van der Waals surface area contributed by atoms with Crippen molar-refractivity contribution in [1.82, 2.24) is 5.32 Å². The first kappa shape index (κ1) is 10.4. The Kier molecular flexibility index (Phi) is 3.77. The molecule has 0 bridgehead atoms. The fourth-order valence-corrected chi connectivity index (χ4v) is 0.454. The molecule has 0 aromatic heterocycles. The second-order valence-electron chi connectivity index (χ2n) is 2.37. The van der Waals surface area contributed by atoms with Crippen LogP contribution < -0.4 is 5.32 Å². The average molecular weight is 170 g/mol. The predicted octanol–water partition coefficient (Wildman–Crippen LogP) is -0.117. The van der Waals surface area contributed by atoms with E-state index in [0.717, 1.165) is 0 Å². The van der Waals surface area contributed by atoms with E-state index < -0.39 is 24.0 Å². The second kappa shape index (κ2) is 4.34. The summed E-state index contributed by atoms with van der Waals surface area (Å²) in [5.74, 6) is -1.67. The highest BCUT2D eigenvalue weighted by Gasteiger charge is 2.21. The molecule has 0 aromatic rings. The smallest absolute Gasteiger partial charge is 0.325 e. The van der Waals surface area contributed by atoms with Gasteiger partial charge in [0.2, 0.25) is 0 Å². The van der Waals surface area contributed by atoms with Crippen molar-refractivity contribution in [3.63, 3.8) is 0 Å². The number of carboxylic acid groups (broad SMARTS) is 1. The van der Waals surface area contributed by atoms with Gasteiger partial charge in [-0.2, -0.15) is 0 Å². The van der Waals surface area contributed by atoms with Crippen molar-refractivity contribution in [2.24, 2.45) is 0 Å². The fraction of sp³-hybridized carbons (Fsp3) is 0.571. The van der Waals surface area contributed by atoms with Gasteiger partial charge in [0.15, 0.2) is 0 Å². The van der Waals surface area contributed by atoms with Crippen LogP contribution in [0.25, 0.3) is 4.85 Å². The van der Waals surface area contributed by atoms with Gasteiger partial charge < -0.3 is 15.3 Å². The summed E-state index contributed by atoms with van der Waals surface area (Å²) in [7, 11) is 0. The van der Waals surface area contributed by atoms with Gasteiger partial charge in [0, 0.05) is 6.92 Å². The molecule has 0 aliphatic carbocycles. The summed E-state index contributed by atoms with van der Waals surface area (Å²) in [6.45, 7) is 9.27. The summed E-state index contributed by atoms with van der Waals surface area (Å²) in [6.07, 6.45) is 0. The van der Waals surface area contributed by atoms with E-state index in [1.807, 2.05) is 0 Å². The Morgan fingerprint density at radius 2 is 2.00 bits per heavy atom. The number of nitrogens with zero attached hydrogens (tertiary/aromatic N) is 1. The molecule has 0 aliphatic heterocycles. The van der Waals surface area contributed by atoms with Crippen LogP contribution >= 0.6 is 0 Å². The van der Waals surface area contributed by atoms with Crippen LogP contribution in [0.3, 0.4) is 0 Å². The molecule has 2 atom stereocenters. The van der Waals surface area contributed by atoms with E-state index in [0.29, 0.717) is 0 Å². The van der Waals surface area contributed by atoms with E-state index >= 15 is 0 Å². The maximum absolute atomic E-state index is 10.9. The highest BCUT2D eigenvalue weighted by atomic mass is 16.4. The first-order valence-corrected chi connectivity index (χ1v) is 3.38. The van der Waals surface area contributed by atoms with Gasteiger partial charge in [-0.3, -0.25) is 9.59 Å². The molecule has 0 rings (SSSR count). The molecule has 66 valence electrons. The number of aliphatic carboxylic acids is 1. The summed E-state index contributed by atoms with van der Waals surface area (Å²) in [6, 6.07) is -1.77. The SMILES string of the molecule is [C-]#[N+][C@@H](C)C(=O)N[C@H](C)C(=O)O. The molecule has 12 heavy (non-hydrogen) atoms. The lowest BCUT2D eigenvalue weighted by Crippen LogP contribution is -2.41. The number of carbonyl (C=O) groups excluding carboxylic acids is 1. The monoisotopic (exact) mass is 170 g/mol. The maximum Gasteiger partial charge on any atom is 0.325 e. The zero-order valence-corrected chi connectivity index (χ0v) is 6.87. The van der Waals surface area contributed by atoms with Crippen molar-refractivity contribution in [3.8, 4) is 0 Å². The molecule has 0 aromatic carbocycles. The van der Waals surface area contributed by atoms with Gasteiger partial charge in [0.05, 0.1) is 0 Å². The Bertz CT molecular complexity index is 231. The minimum absolute atomic E-state index is 0.556. The topological polar surface area (TPSA) is 70.8 Å². The van der Waals surface area contributed by atoms with Gasteiger partial charge in [-0.1, -0.05) is 0 Å². The molecule has 0 heterocycles. The Balaban J connectivity index is 4.03. The number of hydrogen-bond acceptors (Lipinski definition) is 2. The molecule has 0 unspecified atom stereocenters. The molecule has 0 fully saturated rings. The Morgan fingerprint density at radius 1 is 1.50 bits per heavy atom. The number of amides is 1. The van der Waals surface area contributed by atoms with E-state index in [2.05, 4.69) is 10.2 Å². The summed E-state index contributed by atoms with van der Waals surface area (Å²) >= 11 is 0. The largest absolute Gasteiger partial charge is 0.480 e. The van der Waals surface area contributed by atoms with Gasteiger partial charge in [-0.25, -0.2) is 6.57 Å². The molecular weight excluding hydrogens is 160 g/mol. The third-order valence-electron chi connectivity index (χ3n) is 1.30. The third-order valence-corrected chi connectivity index (χ3v) is 1.30. The molecule has 0 aliphatic rings. The van der Waals surface area contributed by atoms with Crippen LogP contribution in [-0.4, -0.2) is 29.1 Å². The van der Waals surface area contributed by atoms with Crippen molar-refractivity contribution >= 4 is 11.9 Å². The second-order valence-corrected chi connectivity index (χ2v) is 2.37. The minimum atomic E-state index is -1.11. The van der Waals surface area contributed by atoms with Crippen molar-refractivity contribution in [3.05, 3.63) is 11.4 Å². The van der Waals surface area contributed by atoms with E-state index in [-0.39, 0.29) is 0 Å². The van der Waals surface area contributed by atoms with Gasteiger partial charge in [0.1, 0.15) is 6.04 Å². The normalized spacial score (nSPS) is 14.1. The lowest BCUT2D eigenvalue weighted by Gasteiger charge is -2.07. The first-order chi connectivity index (χ1) is 5.49. The highest BCUT2D eigenvalue weighted by Crippen LogP contribution is 1.90. The fourth-order valence-electron chi connectivity index (χ4n) is 0.454. The van der Waals surface area contributed by atoms with Crippen LogP contribution in [0.5, 0.6) is 0 Å². The third kappa shape index (κ3) is 3.01. The number of carbonyl (C=O) groups is 2. The highest BCUT2D eigenvalue weighted by molar-refractivity contribution is 5.87. The van der Waals surface area contributed by atoms with Crippen molar-refractivity contribution in [1.29, 1.82) is 0 Å². The summed E-state index contributed by atoms with van der Waals surface area (Å²) in [5, 5.41) is 10.6. The average Bonchev–Trinajstić information content (AvgIpc) is 2.02. The standard InChI is InChI=1S/C7H10N2O3/c1-4(8-3)6(10)9-5(2)7(11)12/h4-5H,1-2H3,(H,9,10)(H,11,12)/t4-,5+/m0/s1. The Hall–Kier alpha value is -1.57. The van der Waals surface area contributed by atoms with Gasteiger partial charge >= 0.3 is 11.9 Å². The maximum atomic E-state index is 10.9. The van der Waals surface area contributed by atoms with Crippen LogP contribution in [0.2, 0.25) is 0 Å². The van der Waals surface area contributed by atoms with Gasteiger partial charge in [-0.15, -0.1) is 0 Å². The zero-order valence-electron chi connectivity index (χ0n) is 6.87. The summed E-state index contributed by atoms with van der Waals surface area (Å²) in [5.41, 5.74) is 0. The van der Waals surface area contributed by atoms with Gasteiger partial charge in [-0.05, 0) is 6.92 Å². The van der Waals surface area contributed by atoms with Crippen molar-refractivity contribution < 1.29 is 14.7 Å². The van der Waals surface area contributed by atoms with Crippen LogP contribution in [0, 0.1) is 6.57 Å². The van der Waals surface area contributed by atoms with Crippen LogP contribution in [0.15, 0.2) is 0 Å². The minimum Gasteiger partial charge on any atom is -0.480 e. The molecule has 2 N–H and O–H groups in total. The molecule has 5 heteroatoms. The summed E-state index contributed by atoms with van der Waals surface area (Å²) in [4.78, 5) is 24.1. The van der Waals surface area contributed by atoms with Crippen LogP contribution in [0.4, 0.5) is 0 Å². The van der Waals surface area contributed by atoms with Crippen molar-refractivity contribution in [2.75, 3.05) is 0 Å². The molecule has 1 amide bonds. The molecule has 0 radical (unpaired) electrons. The Morgan fingerprint density at radius 3 is 2.33 bits per heavy atom. The molecule has 0 saturated carbocycles. The summed E-state index contributed by atoms with van der Waals surface area (Å²) < 4.78 is 0. The molecule has 0 saturated heterocycles. The number of carboxylic acids is 1. The molecular formula is C7H10N2O3. The van der Waals surface area contributed by atoms with E-state index in [1.54, 1.807) is 0 Å². The van der Waals surface area contributed by atoms with E-state index in [1.165, 1.54) is 13.8 Å². The number of rotatable bonds is 3. The number of hydrogen-bond donors (Lipinski definition) is 2. The van der Waals surface area contributed by atoms with Crippen molar-refractivity contribution in [2.45, 2.75) is 25.9 Å². The molecule has 0 spiro atoms.